The molecule has 19 heavy (non-hydrogen) atoms. The lowest BCUT2D eigenvalue weighted by atomic mass is 10.1. The fraction of sp³-hybridized carbons (Fsp3) is 0.143. The molecular weight excluding hydrogens is 301 g/mol. The summed E-state index contributed by atoms with van der Waals surface area (Å²) in [6.45, 7) is 2.04. The first kappa shape index (κ1) is 13.0. The lowest BCUT2D eigenvalue weighted by molar-refractivity contribution is 0.525. The van der Waals surface area contributed by atoms with Crippen molar-refractivity contribution in [3.63, 3.8) is 0 Å². The number of benzene rings is 1. The molecule has 5 heteroatoms. The lowest BCUT2D eigenvalue weighted by Gasteiger charge is -2.06. The van der Waals surface area contributed by atoms with Crippen molar-refractivity contribution in [1.82, 2.24) is 0 Å². The first-order valence-corrected chi connectivity index (χ1v) is 7.32. The van der Waals surface area contributed by atoms with E-state index in [4.69, 9.17) is 33.4 Å². The molecule has 1 atom stereocenters. The van der Waals surface area contributed by atoms with Gasteiger partial charge in [0.15, 0.2) is 0 Å². The number of rotatable bonds is 2. The minimum absolute atomic E-state index is 0.399. The minimum Gasteiger partial charge on any atom is -0.459 e. The van der Waals surface area contributed by atoms with E-state index in [1.165, 1.54) is 16.9 Å². The Labute approximate surface area is 124 Å². The molecule has 0 saturated heterocycles. The van der Waals surface area contributed by atoms with Gasteiger partial charge in [0, 0.05) is 10.9 Å². The molecular formula is C14H11Cl2NOS. The molecule has 0 aliphatic heterocycles. The minimum atomic E-state index is -0.399. The largest absolute Gasteiger partial charge is 0.459 e. The summed E-state index contributed by atoms with van der Waals surface area (Å²) >= 11 is 13.4. The topological polar surface area (TPSA) is 39.2 Å². The number of fused-ring (bicyclic) bond motifs is 1. The Morgan fingerprint density at radius 2 is 2.00 bits per heavy atom. The number of halogens is 2. The molecule has 0 spiro atoms. The van der Waals surface area contributed by atoms with E-state index in [0.29, 0.717) is 14.4 Å². The average Bonchev–Trinajstić information content (AvgIpc) is 2.91. The maximum absolute atomic E-state index is 6.20. The predicted octanol–water partition coefficient (Wildman–Crippen LogP) is 5.16. The summed E-state index contributed by atoms with van der Waals surface area (Å²) in [5.41, 5.74) is 9.01. The highest BCUT2D eigenvalue weighted by Gasteiger charge is 2.19. The highest BCUT2D eigenvalue weighted by molar-refractivity contribution is 7.20. The third-order valence-electron chi connectivity index (χ3n) is 3.02. The standard InChI is InChI=1S/C14H11Cl2NOS/c1-7-2-3-10-8(4-7)5-11(18-10)13(17)9-6-12(15)19-14(9)16/h2-6,13H,17H2,1H3. The van der Waals surface area contributed by atoms with E-state index in [9.17, 15) is 0 Å². The van der Waals surface area contributed by atoms with Crippen molar-refractivity contribution >= 4 is 45.5 Å². The van der Waals surface area contributed by atoms with Gasteiger partial charge in [-0.15, -0.1) is 11.3 Å². The molecule has 0 aliphatic rings. The maximum atomic E-state index is 6.20. The Hall–Kier alpha value is -1.000. The molecule has 0 saturated carbocycles. The second-order valence-electron chi connectivity index (χ2n) is 4.45. The van der Waals surface area contributed by atoms with Crippen LogP contribution in [0.1, 0.15) is 22.9 Å². The molecule has 98 valence electrons. The molecule has 0 radical (unpaired) electrons. The van der Waals surface area contributed by atoms with Gasteiger partial charge in [-0.3, -0.25) is 0 Å². The Balaban J connectivity index is 2.06. The van der Waals surface area contributed by atoms with Gasteiger partial charge in [-0.2, -0.15) is 0 Å². The number of thiophene rings is 1. The molecule has 1 unspecified atom stereocenters. The Kier molecular flexibility index (Phi) is 3.31. The summed E-state index contributed by atoms with van der Waals surface area (Å²) in [5.74, 6) is 0.692. The number of hydrogen-bond acceptors (Lipinski definition) is 3. The lowest BCUT2D eigenvalue weighted by Crippen LogP contribution is -2.10. The summed E-state index contributed by atoms with van der Waals surface area (Å²) in [4.78, 5) is 0. The van der Waals surface area contributed by atoms with Crippen LogP contribution >= 0.6 is 34.5 Å². The zero-order valence-electron chi connectivity index (χ0n) is 10.1. The van der Waals surface area contributed by atoms with Crippen LogP contribution in [0.4, 0.5) is 0 Å². The molecule has 2 aromatic heterocycles. The van der Waals surface area contributed by atoms with E-state index in [1.54, 1.807) is 6.07 Å². The van der Waals surface area contributed by atoms with Gasteiger partial charge >= 0.3 is 0 Å². The van der Waals surface area contributed by atoms with Crippen molar-refractivity contribution in [1.29, 1.82) is 0 Å². The maximum Gasteiger partial charge on any atom is 0.134 e. The molecule has 1 aromatic carbocycles. The number of furan rings is 1. The smallest absolute Gasteiger partial charge is 0.134 e. The van der Waals surface area contributed by atoms with E-state index >= 15 is 0 Å². The van der Waals surface area contributed by atoms with Crippen LogP contribution in [-0.2, 0) is 0 Å². The summed E-state index contributed by atoms with van der Waals surface area (Å²) < 4.78 is 7.01. The Bertz CT molecular complexity index is 747. The molecule has 0 amide bonds. The van der Waals surface area contributed by atoms with Gasteiger partial charge in [0.2, 0.25) is 0 Å². The summed E-state index contributed by atoms with van der Waals surface area (Å²) in [6.07, 6.45) is 0. The fourth-order valence-electron chi connectivity index (χ4n) is 2.05. The molecule has 2 nitrogen and oxygen atoms in total. The normalized spacial score (nSPS) is 13.1. The van der Waals surface area contributed by atoms with Gasteiger partial charge < -0.3 is 10.2 Å². The predicted molar refractivity (Wildman–Crippen MR) is 81.3 cm³/mol. The van der Waals surface area contributed by atoms with Crippen LogP contribution in [0.3, 0.4) is 0 Å². The van der Waals surface area contributed by atoms with E-state index in [-0.39, 0.29) is 0 Å². The highest BCUT2D eigenvalue weighted by atomic mass is 35.5. The number of hydrogen-bond donors (Lipinski definition) is 1. The molecule has 2 heterocycles. The molecule has 0 bridgehead atoms. The summed E-state index contributed by atoms with van der Waals surface area (Å²) in [5, 5.41) is 1.04. The Morgan fingerprint density at radius 3 is 2.68 bits per heavy atom. The van der Waals surface area contributed by atoms with E-state index in [1.807, 2.05) is 25.1 Å². The molecule has 3 rings (SSSR count). The number of nitrogens with two attached hydrogens (primary N) is 1. The van der Waals surface area contributed by atoms with Gasteiger partial charge in [-0.1, -0.05) is 34.8 Å². The van der Waals surface area contributed by atoms with Gasteiger partial charge in [0.25, 0.3) is 0 Å². The van der Waals surface area contributed by atoms with Gasteiger partial charge in [0.1, 0.15) is 11.3 Å². The monoisotopic (exact) mass is 311 g/mol. The Morgan fingerprint density at radius 1 is 1.21 bits per heavy atom. The van der Waals surface area contributed by atoms with Crippen molar-refractivity contribution in [2.24, 2.45) is 5.73 Å². The van der Waals surface area contributed by atoms with E-state index < -0.39 is 6.04 Å². The van der Waals surface area contributed by atoms with Crippen LogP contribution in [-0.4, -0.2) is 0 Å². The van der Waals surface area contributed by atoms with Gasteiger partial charge in [-0.25, -0.2) is 0 Å². The van der Waals surface area contributed by atoms with Crippen molar-refractivity contribution in [3.8, 4) is 0 Å². The van der Waals surface area contributed by atoms with Crippen molar-refractivity contribution < 1.29 is 4.42 Å². The second-order valence-corrected chi connectivity index (χ2v) is 6.73. The van der Waals surface area contributed by atoms with E-state index in [2.05, 4.69) is 6.07 Å². The zero-order valence-corrected chi connectivity index (χ0v) is 12.4. The summed E-state index contributed by atoms with van der Waals surface area (Å²) in [6, 6.07) is 9.37. The fourth-order valence-corrected chi connectivity index (χ4v) is 3.60. The van der Waals surface area contributed by atoms with Crippen LogP contribution in [0.2, 0.25) is 8.67 Å². The van der Waals surface area contributed by atoms with Crippen LogP contribution < -0.4 is 5.73 Å². The second kappa shape index (κ2) is 4.84. The number of aryl methyl sites for hydroxylation is 1. The van der Waals surface area contributed by atoms with Crippen LogP contribution in [0, 0.1) is 6.92 Å². The van der Waals surface area contributed by atoms with Crippen molar-refractivity contribution in [2.45, 2.75) is 13.0 Å². The summed E-state index contributed by atoms with van der Waals surface area (Å²) in [7, 11) is 0. The van der Waals surface area contributed by atoms with Crippen LogP contribution in [0.25, 0.3) is 11.0 Å². The molecule has 0 fully saturated rings. The zero-order chi connectivity index (χ0) is 13.6. The van der Waals surface area contributed by atoms with Gasteiger partial charge in [-0.05, 0) is 31.2 Å². The first-order valence-electron chi connectivity index (χ1n) is 5.75. The highest BCUT2D eigenvalue weighted by Crippen LogP contribution is 2.37. The van der Waals surface area contributed by atoms with Crippen molar-refractivity contribution in [2.75, 3.05) is 0 Å². The van der Waals surface area contributed by atoms with Crippen molar-refractivity contribution in [3.05, 3.63) is 55.9 Å². The van der Waals surface area contributed by atoms with E-state index in [0.717, 1.165) is 16.5 Å². The van der Waals surface area contributed by atoms with Gasteiger partial charge in [0.05, 0.1) is 14.7 Å². The third kappa shape index (κ3) is 2.39. The third-order valence-corrected chi connectivity index (χ3v) is 4.53. The van der Waals surface area contributed by atoms with Crippen LogP contribution in [0.15, 0.2) is 34.7 Å². The molecule has 0 aliphatic carbocycles. The molecule has 2 N–H and O–H groups in total. The SMILES string of the molecule is Cc1ccc2oc(C(N)c3cc(Cl)sc3Cl)cc2c1. The average molecular weight is 312 g/mol. The molecule has 3 aromatic rings. The van der Waals surface area contributed by atoms with Crippen LogP contribution in [0.5, 0.6) is 0 Å². The quantitative estimate of drug-likeness (QED) is 0.710. The first-order chi connectivity index (χ1) is 9.04.